The number of aromatic nitrogens is 4. The van der Waals surface area contributed by atoms with Crippen LogP contribution in [0.3, 0.4) is 0 Å². The van der Waals surface area contributed by atoms with Gasteiger partial charge in [-0.05, 0) is 35.0 Å². The lowest BCUT2D eigenvalue weighted by atomic mass is 10.2. The highest BCUT2D eigenvalue weighted by Crippen LogP contribution is 2.24. The molecule has 0 saturated carbocycles. The molecule has 0 aliphatic carbocycles. The van der Waals surface area contributed by atoms with Crippen molar-refractivity contribution in [2.45, 2.75) is 23.9 Å². The molecule has 1 amide bonds. The molecule has 0 bridgehead atoms. The Balaban J connectivity index is 1.67. The van der Waals surface area contributed by atoms with E-state index in [9.17, 15) is 18.0 Å². The molecule has 6 nitrogen and oxygen atoms in total. The molecule has 1 aromatic heterocycles. The first-order valence-corrected chi connectivity index (χ1v) is 8.74. The number of tetrazole rings is 1. The standard InChI is InChI=1S/C17H14F3N5OS/c1-10(16(26)21-13-8-7-12(18)14(19)15(13)20)27-17-22-23-24-25(17)9-11-5-3-2-4-6-11/h2-8,10H,9H2,1H3,(H,21,26). The summed E-state index contributed by atoms with van der Waals surface area (Å²) in [6.45, 7) is 1.99. The van der Waals surface area contributed by atoms with E-state index in [0.29, 0.717) is 11.7 Å². The second kappa shape index (κ2) is 8.21. The van der Waals surface area contributed by atoms with Crippen LogP contribution in [0.2, 0.25) is 0 Å². The maximum Gasteiger partial charge on any atom is 0.237 e. The fourth-order valence-electron chi connectivity index (χ4n) is 2.20. The molecule has 3 aromatic rings. The van der Waals surface area contributed by atoms with Crippen LogP contribution in [0, 0.1) is 17.5 Å². The molecule has 0 radical (unpaired) electrons. The first-order valence-electron chi connectivity index (χ1n) is 7.87. The molecule has 140 valence electrons. The van der Waals surface area contributed by atoms with Gasteiger partial charge in [-0.3, -0.25) is 4.79 Å². The van der Waals surface area contributed by atoms with Crippen LogP contribution in [0.1, 0.15) is 12.5 Å². The van der Waals surface area contributed by atoms with E-state index >= 15 is 0 Å². The van der Waals surface area contributed by atoms with Gasteiger partial charge in [-0.1, -0.05) is 42.1 Å². The van der Waals surface area contributed by atoms with E-state index in [4.69, 9.17) is 0 Å². The number of carbonyl (C=O) groups excluding carboxylic acids is 1. The van der Waals surface area contributed by atoms with Gasteiger partial charge in [0.2, 0.25) is 11.1 Å². The van der Waals surface area contributed by atoms with Crippen LogP contribution in [-0.2, 0) is 11.3 Å². The van der Waals surface area contributed by atoms with Crippen LogP contribution >= 0.6 is 11.8 Å². The molecular formula is C17H14F3N5OS. The third-order valence-electron chi connectivity index (χ3n) is 3.62. The number of carbonyl (C=O) groups is 1. The average molecular weight is 393 g/mol. The number of thioether (sulfide) groups is 1. The number of anilines is 1. The molecule has 27 heavy (non-hydrogen) atoms. The smallest absolute Gasteiger partial charge is 0.237 e. The number of nitrogens with one attached hydrogen (secondary N) is 1. The number of halogens is 3. The van der Waals surface area contributed by atoms with Crippen molar-refractivity contribution in [3.63, 3.8) is 0 Å². The zero-order valence-electron chi connectivity index (χ0n) is 14.1. The van der Waals surface area contributed by atoms with Gasteiger partial charge in [0.25, 0.3) is 0 Å². The minimum absolute atomic E-state index is 0.396. The zero-order valence-corrected chi connectivity index (χ0v) is 14.9. The highest BCUT2D eigenvalue weighted by atomic mass is 32.2. The summed E-state index contributed by atoms with van der Waals surface area (Å²) in [4.78, 5) is 12.3. The molecule has 10 heteroatoms. The van der Waals surface area contributed by atoms with E-state index in [1.54, 1.807) is 6.92 Å². The molecule has 2 aromatic carbocycles. The van der Waals surface area contributed by atoms with Gasteiger partial charge in [0, 0.05) is 0 Å². The van der Waals surface area contributed by atoms with Crippen molar-refractivity contribution in [1.82, 2.24) is 20.2 Å². The van der Waals surface area contributed by atoms with Gasteiger partial charge < -0.3 is 5.32 Å². The molecule has 0 fully saturated rings. The van der Waals surface area contributed by atoms with Crippen molar-refractivity contribution in [2.75, 3.05) is 5.32 Å². The summed E-state index contributed by atoms with van der Waals surface area (Å²) in [6.07, 6.45) is 0. The number of nitrogens with zero attached hydrogens (tertiary/aromatic N) is 4. The van der Waals surface area contributed by atoms with E-state index in [0.717, 1.165) is 29.5 Å². The molecule has 0 saturated heterocycles. The van der Waals surface area contributed by atoms with Gasteiger partial charge in [-0.2, -0.15) is 0 Å². The van der Waals surface area contributed by atoms with Gasteiger partial charge in [0.05, 0.1) is 17.5 Å². The second-order valence-electron chi connectivity index (χ2n) is 5.58. The van der Waals surface area contributed by atoms with E-state index in [1.807, 2.05) is 30.3 Å². The monoisotopic (exact) mass is 393 g/mol. The Bertz CT molecular complexity index is 951. The number of amides is 1. The third-order valence-corrected chi connectivity index (χ3v) is 4.69. The summed E-state index contributed by atoms with van der Waals surface area (Å²) >= 11 is 1.06. The largest absolute Gasteiger partial charge is 0.323 e. The molecule has 1 N–H and O–H groups in total. The Morgan fingerprint density at radius 3 is 2.63 bits per heavy atom. The fraction of sp³-hybridized carbons (Fsp3) is 0.176. The lowest BCUT2D eigenvalue weighted by molar-refractivity contribution is -0.115. The van der Waals surface area contributed by atoms with E-state index in [-0.39, 0.29) is 0 Å². The number of benzene rings is 2. The van der Waals surface area contributed by atoms with Crippen molar-refractivity contribution < 1.29 is 18.0 Å². The lowest BCUT2D eigenvalue weighted by Crippen LogP contribution is -2.24. The number of hydrogen-bond acceptors (Lipinski definition) is 5. The van der Waals surface area contributed by atoms with Crippen LogP contribution in [0.4, 0.5) is 18.9 Å². The molecule has 1 heterocycles. The first kappa shape index (κ1) is 18.9. The Morgan fingerprint density at radius 1 is 1.15 bits per heavy atom. The summed E-state index contributed by atoms with van der Waals surface area (Å²) in [6, 6.07) is 11.2. The van der Waals surface area contributed by atoms with Gasteiger partial charge in [-0.15, -0.1) is 5.10 Å². The Kier molecular flexibility index (Phi) is 5.75. The molecule has 3 rings (SSSR count). The molecule has 0 spiro atoms. The normalized spacial score (nSPS) is 12.0. The lowest BCUT2D eigenvalue weighted by Gasteiger charge is -2.12. The zero-order chi connectivity index (χ0) is 19.4. The molecule has 0 aliphatic heterocycles. The molecular weight excluding hydrogens is 379 g/mol. The molecule has 1 atom stereocenters. The van der Waals surface area contributed by atoms with Crippen LogP contribution in [0.25, 0.3) is 0 Å². The number of rotatable bonds is 6. The highest BCUT2D eigenvalue weighted by Gasteiger charge is 2.21. The Hall–Kier alpha value is -2.88. The van der Waals surface area contributed by atoms with Crippen molar-refractivity contribution in [1.29, 1.82) is 0 Å². The molecule has 1 unspecified atom stereocenters. The van der Waals surface area contributed by atoms with Crippen molar-refractivity contribution in [2.24, 2.45) is 0 Å². The van der Waals surface area contributed by atoms with E-state index in [1.165, 1.54) is 4.68 Å². The van der Waals surface area contributed by atoms with Gasteiger partial charge in [0.15, 0.2) is 17.5 Å². The number of hydrogen-bond donors (Lipinski definition) is 1. The van der Waals surface area contributed by atoms with Crippen LogP contribution in [-0.4, -0.2) is 31.4 Å². The Morgan fingerprint density at radius 2 is 1.89 bits per heavy atom. The van der Waals surface area contributed by atoms with E-state index in [2.05, 4.69) is 20.8 Å². The minimum Gasteiger partial charge on any atom is -0.323 e. The van der Waals surface area contributed by atoms with Gasteiger partial charge >= 0.3 is 0 Å². The Labute approximate surface area is 156 Å². The maximum atomic E-state index is 13.7. The summed E-state index contributed by atoms with van der Waals surface area (Å²) in [7, 11) is 0. The van der Waals surface area contributed by atoms with Crippen LogP contribution < -0.4 is 5.32 Å². The summed E-state index contributed by atoms with van der Waals surface area (Å²) in [5.74, 6) is -5.01. The minimum atomic E-state index is -1.64. The average Bonchev–Trinajstić information content (AvgIpc) is 3.09. The van der Waals surface area contributed by atoms with Crippen LogP contribution in [0.5, 0.6) is 0 Å². The molecule has 0 aliphatic rings. The fourth-order valence-corrected chi connectivity index (χ4v) is 2.99. The van der Waals surface area contributed by atoms with Crippen molar-refractivity contribution in [3.8, 4) is 0 Å². The van der Waals surface area contributed by atoms with Gasteiger partial charge in [0.1, 0.15) is 0 Å². The quantitative estimate of drug-likeness (QED) is 0.514. The summed E-state index contributed by atoms with van der Waals surface area (Å²) < 4.78 is 41.5. The predicted molar refractivity (Wildman–Crippen MR) is 93.6 cm³/mol. The van der Waals surface area contributed by atoms with Gasteiger partial charge in [-0.25, -0.2) is 17.9 Å². The third kappa shape index (κ3) is 4.45. The second-order valence-corrected chi connectivity index (χ2v) is 6.88. The summed E-state index contributed by atoms with van der Waals surface area (Å²) in [5, 5.41) is 13.3. The predicted octanol–water partition coefficient (Wildman–Crippen LogP) is 3.26. The first-order chi connectivity index (χ1) is 13.0. The maximum absolute atomic E-state index is 13.7. The van der Waals surface area contributed by atoms with Crippen molar-refractivity contribution >= 4 is 23.4 Å². The van der Waals surface area contributed by atoms with Crippen molar-refractivity contribution in [3.05, 3.63) is 65.5 Å². The van der Waals surface area contributed by atoms with Crippen LogP contribution in [0.15, 0.2) is 47.6 Å². The summed E-state index contributed by atoms with van der Waals surface area (Å²) in [5.41, 5.74) is 0.544. The SMILES string of the molecule is CC(Sc1nnnn1Cc1ccccc1)C(=O)Nc1ccc(F)c(F)c1F. The topological polar surface area (TPSA) is 72.7 Å². The highest BCUT2D eigenvalue weighted by molar-refractivity contribution is 8.00. The van der Waals surface area contributed by atoms with E-state index < -0.39 is 34.3 Å².